The molecule has 1 fully saturated rings. The van der Waals surface area contributed by atoms with Gasteiger partial charge in [0, 0.05) is 4.88 Å². The lowest BCUT2D eigenvalue weighted by Crippen LogP contribution is -2.42. The molecule has 3 rings (SSSR count). The van der Waals surface area contributed by atoms with Crippen LogP contribution < -0.4 is 10.6 Å². The molecule has 0 spiro atoms. The van der Waals surface area contributed by atoms with Crippen LogP contribution in [0.5, 0.6) is 0 Å². The first-order valence-electron chi connectivity index (χ1n) is 8.99. The number of esters is 1. The van der Waals surface area contributed by atoms with Gasteiger partial charge >= 0.3 is 12.0 Å². The van der Waals surface area contributed by atoms with Gasteiger partial charge in [0.15, 0.2) is 6.61 Å². The standard InChI is InChI=1S/C20H21N3O5S/c1-13(15-9-6-10-29-15)21-16(24)12-28-17(25)11-23-18(26)20(2,22-19(23)27)14-7-4-3-5-8-14/h3-10,13H,11-12H2,1-2H3,(H,21,24)(H,22,27)/t13-,20+/m1/s1. The van der Waals surface area contributed by atoms with Crippen molar-refractivity contribution in [1.82, 2.24) is 15.5 Å². The van der Waals surface area contributed by atoms with Gasteiger partial charge in [-0.15, -0.1) is 11.3 Å². The normalized spacial score (nSPS) is 19.6. The number of nitrogens with zero attached hydrogens (tertiary/aromatic N) is 1. The summed E-state index contributed by atoms with van der Waals surface area (Å²) in [6.45, 7) is 2.34. The Morgan fingerprint density at radius 2 is 1.93 bits per heavy atom. The quantitative estimate of drug-likeness (QED) is 0.531. The average molecular weight is 415 g/mol. The van der Waals surface area contributed by atoms with E-state index in [0.717, 1.165) is 9.78 Å². The van der Waals surface area contributed by atoms with Crippen molar-refractivity contribution in [2.24, 2.45) is 0 Å². The highest BCUT2D eigenvalue weighted by Gasteiger charge is 2.49. The Kier molecular flexibility index (Phi) is 5.97. The summed E-state index contributed by atoms with van der Waals surface area (Å²) in [7, 11) is 0. The van der Waals surface area contributed by atoms with Crippen molar-refractivity contribution in [3.8, 4) is 0 Å². The van der Waals surface area contributed by atoms with E-state index in [-0.39, 0.29) is 6.04 Å². The minimum absolute atomic E-state index is 0.210. The molecule has 2 heterocycles. The summed E-state index contributed by atoms with van der Waals surface area (Å²) >= 11 is 1.51. The van der Waals surface area contributed by atoms with Gasteiger partial charge in [-0.1, -0.05) is 36.4 Å². The van der Waals surface area contributed by atoms with Crippen LogP contribution in [0.25, 0.3) is 0 Å². The molecular formula is C20H21N3O5S. The van der Waals surface area contributed by atoms with Crippen molar-refractivity contribution in [3.05, 3.63) is 58.3 Å². The third kappa shape index (κ3) is 4.45. The van der Waals surface area contributed by atoms with E-state index in [4.69, 9.17) is 4.74 Å². The number of urea groups is 1. The maximum atomic E-state index is 12.7. The Balaban J connectivity index is 1.53. The number of rotatable bonds is 7. The SMILES string of the molecule is C[C@@H](NC(=O)COC(=O)CN1C(=O)N[C@@](C)(c2ccccc2)C1=O)c1cccs1. The van der Waals surface area contributed by atoms with Gasteiger partial charge in [-0.2, -0.15) is 0 Å². The molecule has 0 unspecified atom stereocenters. The molecule has 0 saturated carbocycles. The van der Waals surface area contributed by atoms with Crippen molar-refractivity contribution >= 4 is 35.2 Å². The van der Waals surface area contributed by atoms with E-state index in [2.05, 4.69) is 10.6 Å². The van der Waals surface area contributed by atoms with E-state index in [1.54, 1.807) is 37.3 Å². The van der Waals surface area contributed by atoms with Gasteiger partial charge in [0.25, 0.3) is 11.8 Å². The van der Waals surface area contributed by atoms with Crippen LogP contribution in [0.4, 0.5) is 4.79 Å². The maximum absolute atomic E-state index is 12.7. The van der Waals surface area contributed by atoms with Gasteiger partial charge in [0.2, 0.25) is 0 Å². The summed E-state index contributed by atoms with van der Waals surface area (Å²) in [5.74, 6) is -1.86. The molecule has 8 nitrogen and oxygen atoms in total. The molecule has 9 heteroatoms. The van der Waals surface area contributed by atoms with Crippen molar-refractivity contribution in [2.75, 3.05) is 13.2 Å². The van der Waals surface area contributed by atoms with Gasteiger partial charge in [0.1, 0.15) is 12.1 Å². The number of amides is 4. The maximum Gasteiger partial charge on any atom is 0.326 e. The van der Waals surface area contributed by atoms with Crippen molar-refractivity contribution < 1.29 is 23.9 Å². The number of hydrogen-bond donors (Lipinski definition) is 2. The van der Waals surface area contributed by atoms with E-state index in [9.17, 15) is 19.2 Å². The van der Waals surface area contributed by atoms with Crippen LogP contribution in [0.15, 0.2) is 47.8 Å². The summed E-state index contributed by atoms with van der Waals surface area (Å²) < 4.78 is 4.93. The first-order valence-corrected chi connectivity index (χ1v) is 9.87. The van der Waals surface area contributed by atoms with Crippen LogP contribution >= 0.6 is 11.3 Å². The summed E-state index contributed by atoms with van der Waals surface area (Å²) in [6.07, 6.45) is 0. The van der Waals surface area contributed by atoms with Gasteiger partial charge in [-0.05, 0) is 30.9 Å². The molecule has 2 atom stereocenters. The minimum atomic E-state index is -1.26. The Morgan fingerprint density at radius 1 is 1.21 bits per heavy atom. The Labute approximate surface area is 171 Å². The van der Waals surface area contributed by atoms with Crippen molar-refractivity contribution in [1.29, 1.82) is 0 Å². The predicted molar refractivity (Wildman–Crippen MR) is 106 cm³/mol. The second kappa shape index (κ2) is 8.44. The molecule has 152 valence electrons. The first kappa shape index (κ1) is 20.5. The zero-order valence-corrected chi connectivity index (χ0v) is 16.8. The fourth-order valence-corrected chi connectivity index (χ4v) is 3.75. The van der Waals surface area contributed by atoms with E-state index >= 15 is 0 Å². The number of benzene rings is 1. The summed E-state index contributed by atoms with van der Waals surface area (Å²) in [6, 6.07) is 11.6. The molecule has 1 aromatic carbocycles. The van der Waals surface area contributed by atoms with Crippen LogP contribution in [0.3, 0.4) is 0 Å². The molecule has 1 saturated heterocycles. The lowest BCUT2D eigenvalue weighted by atomic mass is 9.92. The zero-order valence-electron chi connectivity index (χ0n) is 16.0. The zero-order chi connectivity index (χ0) is 21.0. The molecule has 4 amide bonds. The minimum Gasteiger partial charge on any atom is -0.454 e. The molecule has 0 radical (unpaired) electrons. The van der Waals surface area contributed by atoms with Gasteiger partial charge < -0.3 is 15.4 Å². The van der Waals surface area contributed by atoms with Crippen LogP contribution in [-0.2, 0) is 24.7 Å². The highest BCUT2D eigenvalue weighted by Crippen LogP contribution is 2.28. The molecule has 0 aliphatic carbocycles. The Morgan fingerprint density at radius 3 is 2.59 bits per heavy atom. The predicted octanol–water partition coefficient (Wildman–Crippen LogP) is 1.94. The Hall–Kier alpha value is -3.20. The molecule has 29 heavy (non-hydrogen) atoms. The van der Waals surface area contributed by atoms with Crippen LogP contribution in [0.1, 0.15) is 30.3 Å². The summed E-state index contributed by atoms with van der Waals surface area (Å²) in [5, 5.41) is 7.23. The lowest BCUT2D eigenvalue weighted by Gasteiger charge is -2.21. The van der Waals surface area contributed by atoms with Gasteiger partial charge in [-0.25, -0.2) is 4.79 Å². The number of ether oxygens (including phenoxy) is 1. The van der Waals surface area contributed by atoms with Crippen LogP contribution in [-0.4, -0.2) is 41.9 Å². The number of imide groups is 1. The highest BCUT2D eigenvalue weighted by atomic mass is 32.1. The molecule has 0 bridgehead atoms. The third-order valence-electron chi connectivity index (χ3n) is 4.63. The summed E-state index contributed by atoms with van der Waals surface area (Å²) in [4.78, 5) is 50.8. The number of hydrogen-bond acceptors (Lipinski definition) is 6. The number of carbonyl (C=O) groups is 4. The second-order valence-corrected chi connectivity index (χ2v) is 7.76. The topological polar surface area (TPSA) is 105 Å². The smallest absolute Gasteiger partial charge is 0.326 e. The molecule has 1 aliphatic heterocycles. The molecule has 2 aromatic rings. The second-order valence-electron chi connectivity index (χ2n) is 6.78. The van der Waals surface area contributed by atoms with Crippen LogP contribution in [0, 0.1) is 0 Å². The fourth-order valence-electron chi connectivity index (χ4n) is 3.02. The number of nitrogens with one attached hydrogen (secondary N) is 2. The van der Waals surface area contributed by atoms with Crippen molar-refractivity contribution in [3.63, 3.8) is 0 Å². The van der Waals surface area contributed by atoms with E-state index in [0.29, 0.717) is 5.56 Å². The highest BCUT2D eigenvalue weighted by molar-refractivity contribution is 7.10. The van der Waals surface area contributed by atoms with E-state index < -0.39 is 42.5 Å². The number of thiophene rings is 1. The molecular weight excluding hydrogens is 394 g/mol. The van der Waals surface area contributed by atoms with Gasteiger partial charge in [-0.3, -0.25) is 19.3 Å². The molecule has 2 N–H and O–H groups in total. The monoisotopic (exact) mass is 415 g/mol. The van der Waals surface area contributed by atoms with Crippen molar-refractivity contribution in [2.45, 2.75) is 25.4 Å². The molecule has 1 aromatic heterocycles. The van der Waals surface area contributed by atoms with Gasteiger partial charge in [0.05, 0.1) is 6.04 Å². The van der Waals surface area contributed by atoms with E-state index in [1.807, 2.05) is 24.4 Å². The first-order chi connectivity index (χ1) is 13.8. The number of carbonyl (C=O) groups excluding carboxylic acids is 4. The summed E-state index contributed by atoms with van der Waals surface area (Å²) in [5.41, 5.74) is -0.650. The third-order valence-corrected chi connectivity index (χ3v) is 5.68. The molecule has 1 aliphatic rings. The largest absolute Gasteiger partial charge is 0.454 e. The van der Waals surface area contributed by atoms with E-state index in [1.165, 1.54) is 11.3 Å². The Bertz CT molecular complexity index is 915. The average Bonchev–Trinajstić information content (AvgIpc) is 3.31. The van der Waals surface area contributed by atoms with Crippen LogP contribution in [0.2, 0.25) is 0 Å². The fraction of sp³-hybridized carbons (Fsp3) is 0.300. The lowest BCUT2D eigenvalue weighted by molar-refractivity contribution is -0.151.